The van der Waals surface area contributed by atoms with E-state index in [-0.39, 0.29) is 0 Å². The minimum Gasteiger partial charge on any atom is -0.0984 e. The zero-order chi connectivity index (χ0) is 13.1. The highest BCUT2D eigenvalue weighted by Gasteiger charge is 2.12. The van der Waals surface area contributed by atoms with E-state index >= 15 is 0 Å². The van der Waals surface area contributed by atoms with Crippen LogP contribution in [0, 0.1) is 6.92 Å². The first kappa shape index (κ1) is 12.9. The predicted molar refractivity (Wildman–Crippen MR) is 82.1 cm³/mol. The van der Waals surface area contributed by atoms with E-state index in [4.69, 9.17) is 0 Å². The average molecular weight is 238 g/mol. The van der Waals surface area contributed by atoms with Crippen LogP contribution in [0.4, 0.5) is 0 Å². The molecule has 0 aromatic heterocycles. The molecule has 18 heavy (non-hydrogen) atoms. The molecule has 0 atom stereocenters. The fraction of sp³-hybridized carbons (Fsp3) is 0.333. The van der Waals surface area contributed by atoms with Gasteiger partial charge >= 0.3 is 0 Å². The summed E-state index contributed by atoms with van der Waals surface area (Å²) in [5.74, 6) is 0. The summed E-state index contributed by atoms with van der Waals surface area (Å²) in [6.07, 6.45) is 5.48. The van der Waals surface area contributed by atoms with E-state index in [9.17, 15) is 0 Å². The molecular weight excluding hydrogens is 216 g/mol. The fourth-order valence-corrected chi connectivity index (χ4v) is 3.01. The molecule has 0 spiro atoms. The van der Waals surface area contributed by atoms with Crippen LogP contribution >= 0.6 is 0 Å². The third-order valence-electron chi connectivity index (χ3n) is 3.82. The van der Waals surface area contributed by atoms with Gasteiger partial charge in [0.2, 0.25) is 0 Å². The maximum atomic E-state index is 3.99. The number of aryl methyl sites for hydroxylation is 1. The van der Waals surface area contributed by atoms with Crippen molar-refractivity contribution in [3.05, 3.63) is 53.1 Å². The highest BCUT2D eigenvalue weighted by Crippen LogP contribution is 2.32. The Labute approximate surface area is 110 Å². The Morgan fingerprint density at radius 3 is 2.28 bits per heavy atom. The second kappa shape index (κ2) is 5.39. The van der Waals surface area contributed by atoms with Crippen molar-refractivity contribution < 1.29 is 0 Å². The van der Waals surface area contributed by atoms with Crippen molar-refractivity contribution in [2.75, 3.05) is 0 Å². The van der Waals surface area contributed by atoms with Crippen LogP contribution in [0.2, 0.25) is 0 Å². The molecule has 0 nitrogen and oxygen atoms in total. The van der Waals surface area contributed by atoms with E-state index < -0.39 is 0 Å². The molecule has 0 saturated carbocycles. The molecule has 0 aliphatic carbocycles. The van der Waals surface area contributed by atoms with Gasteiger partial charge in [0.1, 0.15) is 0 Å². The van der Waals surface area contributed by atoms with Crippen molar-refractivity contribution in [1.29, 1.82) is 0 Å². The van der Waals surface area contributed by atoms with E-state index in [1.54, 1.807) is 5.56 Å². The SMILES string of the molecule is C=Cc1c(C)c(CC)c(CCC)c2ccccc12. The fourth-order valence-electron chi connectivity index (χ4n) is 3.01. The predicted octanol–water partition coefficient (Wildman–Crippen LogP) is 5.31. The molecule has 0 heterocycles. The zero-order valence-electron chi connectivity index (χ0n) is 11.7. The molecule has 2 aromatic carbocycles. The highest BCUT2D eigenvalue weighted by molar-refractivity contribution is 5.95. The summed E-state index contributed by atoms with van der Waals surface area (Å²) in [6, 6.07) is 8.74. The monoisotopic (exact) mass is 238 g/mol. The lowest BCUT2D eigenvalue weighted by molar-refractivity contribution is 0.903. The van der Waals surface area contributed by atoms with Gasteiger partial charge in [0.25, 0.3) is 0 Å². The Kier molecular flexibility index (Phi) is 3.86. The van der Waals surface area contributed by atoms with E-state index in [0.717, 1.165) is 6.42 Å². The highest BCUT2D eigenvalue weighted by atomic mass is 14.2. The molecular formula is C18H22. The van der Waals surface area contributed by atoms with Gasteiger partial charge in [-0.15, -0.1) is 0 Å². The molecule has 2 aromatic rings. The molecule has 94 valence electrons. The van der Waals surface area contributed by atoms with Crippen LogP contribution in [0.3, 0.4) is 0 Å². The number of hydrogen-bond acceptors (Lipinski definition) is 0. The molecule has 2 rings (SSSR count). The third-order valence-corrected chi connectivity index (χ3v) is 3.82. The van der Waals surface area contributed by atoms with E-state index in [0.29, 0.717) is 0 Å². The third kappa shape index (κ3) is 1.96. The second-order valence-electron chi connectivity index (χ2n) is 4.85. The van der Waals surface area contributed by atoms with Gasteiger partial charge in [0.15, 0.2) is 0 Å². The van der Waals surface area contributed by atoms with Crippen molar-refractivity contribution in [1.82, 2.24) is 0 Å². The molecule has 0 aliphatic heterocycles. The van der Waals surface area contributed by atoms with Gasteiger partial charge in [0, 0.05) is 0 Å². The van der Waals surface area contributed by atoms with Gasteiger partial charge in [-0.3, -0.25) is 0 Å². The lowest BCUT2D eigenvalue weighted by atomic mass is 9.87. The summed E-state index contributed by atoms with van der Waals surface area (Å²) in [5, 5.41) is 2.77. The molecule has 0 unspecified atom stereocenters. The standard InChI is InChI=1S/C18H22/c1-5-10-16-14(6-2)13(4)15(7-3)17-11-8-9-12-18(16)17/h7-9,11-12H,3,5-6,10H2,1-2,4H3. The van der Waals surface area contributed by atoms with Gasteiger partial charge in [-0.1, -0.05) is 57.2 Å². The molecule has 0 aliphatic rings. The average Bonchev–Trinajstić information content (AvgIpc) is 2.40. The lowest BCUT2D eigenvalue weighted by Crippen LogP contribution is -2.01. The maximum absolute atomic E-state index is 3.99. The summed E-state index contributed by atoms with van der Waals surface area (Å²) in [4.78, 5) is 0. The number of benzene rings is 2. The molecule has 0 saturated heterocycles. The molecule has 0 amide bonds. The van der Waals surface area contributed by atoms with E-state index in [2.05, 4.69) is 51.6 Å². The summed E-state index contributed by atoms with van der Waals surface area (Å²) >= 11 is 0. The van der Waals surface area contributed by atoms with Crippen LogP contribution in [0.1, 0.15) is 42.5 Å². The number of fused-ring (bicyclic) bond motifs is 1. The van der Waals surface area contributed by atoms with Crippen molar-refractivity contribution >= 4 is 16.8 Å². The number of hydrogen-bond donors (Lipinski definition) is 0. The Morgan fingerprint density at radius 1 is 1.06 bits per heavy atom. The first-order valence-electron chi connectivity index (χ1n) is 6.90. The normalized spacial score (nSPS) is 10.8. The number of rotatable bonds is 4. The largest absolute Gasteiger partial charge is 0.0984 e. The van der Waals surface area contributed by atoms with Gasteiger partial charge in [-0.25, -0.2) is 0 Å². The van der Waals surface area contributed by atoms with Gasteiger partial charge in [-0.2, -0.15) is 0 Å². The first-order chi connectivity index (χ1) is 8.74. The smallest absolute Gasteiger partial charge is 0.0106 e. The summed E-state index contributed by atoms with van der Waals surface area (Å²) in [7, 11) is 0. The van der Waals surface area contributed by atoms with Gasteiger partial charge in [0.05, 0.1) is 0 Å². The summed E-state index contributed by atoms with van der Waals surface area (Å²) < 4.78 is 0. The first-order valence-corrected chi connectivity index (χ1v) is 6.90. The van der Waals surface area contributed by atoms with Crippen molar-refractivity contribution in [2.45, 2.75) is 40.0 Å². The second-order valence-corrected chi connectivity index (χ2v) is 4.85. The minimum atomic E-state index is 1.10. The van der Waals surface area contributed by atoms with Gasteiger partial charge < -0.3 is 0 Å². The Bertz CT molecular complexity index is 576. The van der Waals surface area contributed by atoms with Crippen LogP contribution in [0.25, 0.3) is 16.8 Å². The molecule has 0 N–H and O–H groups in total. The molecule has 0 fully saturated rings. The van der Waals surface area contributed by atoms with E-state index in [1.165, 1.54) is 40.3 Å². The van der Waals surface area contributed by atoms with Crippen LogP contribution in [0.15, 0.2) is 30.8 Å². The Hall–Kier alpha value is -1.56. The molecule has 0 radical (unpaired) electrons. The summed E-state index contributed by atoms with van der Waals surface area (Å²) in [5.41, 5.74) is 5.78. The van der Waals surface area contributed by atoms with Crippen LogP contribution in [-0.4, -0.2) is 0 Å². The summed E-state index contributed by atoms with van der Waals surface area (Å²) in [6.45, 7) is 10.7. The van der Waals surface area contributed by atoms with Gasteiger partial charge in [-0.05, 0) is 52.8 Å². The van der Waals surface area contributed by atoms with Crippen LogP contribution in [0.5, 0.6) is 0 Å². The Balaban J connectivity index is 2.91. The van der Waals surface area contributed by atoms with Crippen molar-refractivity contribution in [2.24, 2.45) is 0 Å². The topological polar surface area (TPSA) is 0 Å². The van der Waals surface area contributed by atoms with Crippen molar-refractivity contribution in [3.63, 3.8) is 0 Å². The van der Waals surface area contributed by atoms with Crippen molar-refractivity contribution in [3.8, 4) is 0 Å². The van der Waals surface area contributed by atoms with Crippen LogP contribution < -0.4 is 0 Å². The minimum absolute atomic E-state index is 1.10. The molecule has 0 bridgehead atoms. The lowest BCUT2D eigenvalue weighted by Gasteiger charge is -2.18. The Morgan fingerprint density at radius 2 is 1.72 bits per heavy atom. The zero-order valence-corrected chi connectivity index (χ0v) is 11.7. The van der Waals surface area contributed by atoms with E-state index in [1.807, 2.05) is 6.08 Å². The maximum Gasteiger partial charge on any atom is -0.0106 e. The molecule has 0 heteroatoms. The van der Waals surface area contributed by atoms with Crippen LogP contribution in [-0.2, 0) is 12.8 Å². The quantitative estimate of drug-likeness (QED) is 0.677.